The van der Waals surface area contributed by atoms with E-state index in [1.54, 1.807) is 18.2 Å². The number of fused-ring (bicyclic) bond motifs is 1. The van der Waals surface area contributed by atoms with Gasteiger partial charge in [0.05, 0.1) is 5.56 Å². The first-order valence-corrected chi connectivity index (χ1v) is 5.94. The number of hydrogen-bond acceptors (Lipinski definition) is 3. The summed E-state index contributed by atoms with van der Waals surface area (Å²) in [6, 6.07) is 12.9. The summed E-state index contributed by atoms with van der Waals surface area (Å²) in [6.07, 6.45) is 1.34. The summed E-state index contributed by atoms with van der Waals surface area (Å²) in [5.74, 6) is -0.191. The fourth-order valence-electron chi connectivity index (χ4n) is 1.90. The van der Waals surface area contributed by atoms with Crippen molar-refractivity contribution in [2.24, 2.45) is 0 Å². The maximum absolute atomic E-state index is 12.2. The molecule has 1 aromatic heterocycles. The molecule has 0 saturated heterocycles. The van der Waals surface area contributed by atoms with Gasteiger partial charge in [0.2, 0.25) is 0 Å². The van der Waals surface area contributed by atoms with Crippen LogP contribution in [0.2, 0.25) is 0 Å². The first-order chi connectivity index (χ1) is 9.24. The number of anilines is 1. The third-order valence-electron chi connectivity index (χ3n) is 2.91. The van der Waals surface area contributed by atoms with Gasteiger partial charge >= 0.3 is 0 Å². The molecule has 2 aromatic carbocycles. The molecule has 3 aromatic rings. The van der Waals surface area contributed by atoms with Crippen molar-refractivity contribution in [3.8, 4) is 0 Å². The van der Waals surface area contributed by atoms with Crippen molar-refractivity contribution in [3.05, 3.63) is 60.0 Å². The molecule has 0 radical (unpaired) electrons. The molecule has 1 amide bonds. The van der Waals surface area contributed by atoms with Crippen molar-refractivity contribution < 1.29 is 9.21 Å². The van der Waals surface area contributed by atoms with Gasteiger partial charge in [-0.3, -0.25) is 4.79 Å². The number of carbonyl (C=O) groups excluding carboxylic acids is 1. The van der Waals surface area contributed by atoms with E-state index >= 15 is 0 Å². The summed E-state index contributed by atoms with van der Waals surface area (Å²) in [5, 5.41) is 2.85. The molecule has 0 aliphatic rings. The zero-order chi connectivity index (χ0) is 13.2. The fraction of sp³-hybridized carbons (Fsp3) is 0.0667. The second-order valence-electron chi connectivity index (χ2n) is 4.32. The van der Waals surface area contributed by atoms with Gasteiger partial charge in [0.25, 0.3) is 5.91 Å². The van der Waals surface area contributed by atoms with Gasteiger partial charge in [-0.1, -0.05) is 23.8 Å². The fourth-order valence-corrected chi connectivity index (χ4v) is 1.90. The van der Waals surface area contributed by atoms with Crippen molar-refractivity contribution in [2.75, 3.05) is 5.32 Å². The minimum atomic E-state index is -0.191. The van der Waals surface area contributed by atoms with Crippen LogP contribution in [0.3, 0.4) is 0 Å². The van der Waals surface area contributed by atoms with E-state index in [-0.39, 0.29) is 5.91 Å². The van der Waals surface area contributed by atoms with E-state index in [1.807, 2.05) is 31.2 Å². The molecule has 1 N–H and O–H groups in total. The number of aromatic nitrogens is 1. The second kappa shape index (κ2) is 4.57. The number of oxazole rings is 1. The highest BCUT2D eigenvalue weighted by molar-refractivity contribution is 6.11. The Kier molecular flexibility index (Phi) is 2.76. The standard InChI is InChI=1S/C15H12N2O2/c1-10-5-7-11(8-6-10)17-15(18)12-3-2-4-13-14(12)16-9-19-13/h2-9H,1H3,(H,17,18). The maximum Gasteiger partial charge on any atom is 0.258 e. The molecule has 1 heterocycles. The minimum Gasteiger partial charge on any atom is -0.443 e. The molecule has 4 heteroatoms. The molecule has 0 spiro atoms. The number of rotatable bonds is 2. The number of para-hydroxylation sites is 1. The Balaban J connectivity index is 1.92. The van der Waals surface area contributed by atoms with Crippen LogP contribution in [0.1, 0.15) is 15.9 Å². The topological polar surface area (TPSA) is 55.1 Å². The van der Waals surface area contributed by atoms with Gasteiger partial charge in [-0.05, 0) is 31.2 Å². The number of carbonyl (C=O) groups is 1. The molecular formula is C15H12N2O2. The summed E-state index contributed by atoms with van der Waals surface area (Å²) in [4.78, 5) is 16.3. The van der Waals surface area contributed by atoms with Crippen molar-refractivity contribution >= 4 is 22.7 Å². The van der Waals surface area contributed by atoms with Crippen LogP contribution in [-0.4, -0.2) is 10.9 Å². The summed E-state index contributed by atoms with van der Waals surface area (Å²) in [6.45, 7) is 2.00. The molecule has 0 aliphatic carbocycles. The van der Waals surface area contributed by atoms with Crippen LogP contribution in [0.4, 0.5) is 5.69 Å². The minimum absolute atomic E-state index is 0.191. The van der Waals surface area contributed by atoms with Crippen molar-refractivity contribution in [1.82, 2.24) is 4.98 Å². The third kappa shape index (κ3) is 2.20. The maximum atomic E-state index is 12.2. The Morgan fingerprint density at radius 1 is 1.16 bits per heavy atom. The Hall–Kier alpha value is -2.62. The Labute approximate surface area is 110 Å². The second-order valence-corrected chi connectivity index (χ2v) is 4.32. The average molecular weight is 252 g/mol. The molecule has 4 nitrogen and oxygen atoms in total. The number of amides is 1. The molecule has 0 fully saturated rings. The van der Waals surface area contributed by atoms with E-state index in [0.29, 0.717) is 16.7 Å². The van der Waals surface area contributed by atoms with E-state index in [4.69, 9.17) is 4.42 Å². The van der Waals surface area contributed by atoms with Gasteiger partial charge in [0, 0.05) is 5.69 Å². The lowest BCUT2D eigenvalue weighted by molar-refractivity contribution is 0.102. The van der Waals surface area contributed by atoms with Crippen LogP contribution in [0.15, 0.2) is 53.3 Å². The summed E-state index contributed by atoms with van der Waals surface area (Å²) < 4.78 is 5.18. The normalized spacial score (nSPS) is 10.6. The molecule has 0 bridgehead atoms. The summed E-state index contributed by atoms with van der Waals surface area (Å²) in [5.41, 5.74) is 3.60. The van der Waals surface area contributed by atoms with E-state index in [9.17, 15) is 4.79 Å². The third-order valence-corrected chi connectivity index (χ3v) is 2.91. The summed E-state index contributed by atoms with van der Waals surface area (Å²) in [7, 11) is 0. The van der Waals surface area contributed by atoms with Crippen LogP contribution < -0.4 is 5.32 Å². The van der Waals surface area contributed by atoms with Gasteiger partial charge in [-0.2, -0.15) is 0 Å². The van der Waals surface area contributed by atoms with Crippen LogP contribution in [0.5, 0.6) is 0 Å². The summed E-state index contributed by atoms with van der Waals surface area (Å²) >= 11 is 0. The molecule has 19 heavy (non-hydrogen) atoms. The lowest BCUT2D eigenvalue weighted by Crippen LogP contribution is -2.12. The van der Waals surface area contributed by atoms with Crippen molar-refractivity contribution in [1.29, 1.82) is 0 Å². The molecule has 0 saturated carbocycles. The van der Waals surface area contributed by atoms with Gasteiger partial charge in [0.15, 0.2) is 12.0 Å². The quantitative estimate of drug-likeness (QED) is 0.760. The van der Waals surface area contributed by atoms with Gasteiger partial charge in [-0.15, -0.1) is 0 Å². The largest absolute Gasteiger partial charge is 0.443 e. The number of nitrogens with zero attached hydrogens (tertiary/aromatic N) is 1. The Bertz CT molecular complexity index is 729. The van der Waals surface area contributed by atoms with Crippen LogP contribution in [0.25, 0.3) is 11.1 Å². The highest BCUT2D eigenvalue weighted by Crippen LogP contribution is 2.18. The molecular weight excluding hydrogens is 240 g/mol. The predicted octanol–water partition coefficient (Wildman–Crippen LogP) is 3.39. The van der Waals surface area contributed by atoms with Gasteiger partial charge in [-0.25, -0.2) is 4.98 Å². The lowest BCUT2D eigenvalue weighted by atomic mass is 10.1. The zero-order valence-electron chi connectivity index (χ0n) is 10.4. The molecule has 0 aliphatic heterocycles. The van der Waals surface area contributed by atoms with Crippen molar-refractivity contribution in [3.63, 3.8) is 0 Å². The van der Waals surface area contributed by atoms with Crippen LogP contribution >= 0.6 is 0 Å². The average Bonchev–Trinajstić information content (AvgIpc) is 2.89. The zero-order valence-corrected chi connectivity index (χ0v) is 10.4. The SMILES string of the molecule is Cc1ccc(NC(=O)c2cccc3ocnc23)cc1. The van der Waals surface area contributed by atoms with Crippen molar-refractivity contribution in [2.45, 2.75) is 6.92 Å². The highest BCUT2D eigenvalue weighted by Gasteiger charge is 2.12. The predicted molar refractivity (Wildman–Crippen MR) is 73.1 cm³/mol. The van der Waals surface area contributed by atoms with Crippen LogP contribution in [0, 0.1) is 6.92 Å². The number of benzene rings is 2. The van der Waals surface area contributed by atoms with E-state index in [2.05, 4.69) is 10.3 Å². The van der Waals surface area contributed by atoms with Gasteiger partial charge in [0.1, 0.15) is 5.52 Å². The van der Waals surface area contributed by atoms with E-state index in [0.717, 1.165) is 11.3 Å². The van der Waals surface area contributed by atoms with E-state index in [1.165, 1.54) is 6.39 Å². The number of hydrogen-bond donors (Lipinski definition) is 1. The lowest BCUT2D eigenvalue weighted by Gasteiger charge is -2.05. The first-order valence-electron chi connectivity index (χ1n) is 5.94. The molecule has 0 atom stereocenters. The Morgan fingerprint density at radius 3 is 2.74 bits per heavy atom. The highest BCUT2D eigenvalue weighted by atomic mass is 16.3. The smallest absolute Gasteiger partial charge is 0.258 e. The molecule has 94 valence electrons. The van der Waals surface area contributed by atoms with E-state index < -0.39 is 0 Å². The van der Waals surface area contributed by atoms with Crippen LogP contribution in [-0.2, 0) is 0 Å². The molecule has 0 unspecified atom stereocenters. The van der Waals surface area contributed by atoms with Gasteiger partial charge < -0.3 is 9.73 Å². The number of nitrogens with one attached hydrogen (secondary N) is 1. The monoisotopic (exact) mass is 252 g/mol. The first kappa shape index (κ1) is 11.5. The number of aryl methyl sites for hydroxylation is 1. The Morgan fingerprint density at radius 2 is 1.95 bits per heavy atom. The molecule has 3 rings (SSSR count).